The first-order chi connectivity index (χ1) is 20.3. The number of Topliss-reactive ketones (excluding diaryl/α,β-unsaturated/α-hetero) is 1. The number of fused-ring (bicyclic) bond motifs is 1. The van der Waals surface area contributed by atoms with Crippen LogP contribution in [0.15, 0.2) is 12.2 Å². The third-order valence-electron chi connectivity index (χ3n) is 9.91. The molecule has 0 aromatic rings. The Morgan fingerprint density at radius 3 is 2.09 bits per heavy atom. The molecule has 1 saturated heterocycles. The summed E-state index contributed by atoms with van der Waals surface area (Å²) in [5.74, 6) is -2.51. The van der Waals surface area contributed by atoms with Crippen molar-refractivity contribution in [2.75, 3.05) is 20.1 Å². The largest absolute Gasteiger partial charge is 0.363 e. The van der Waals surface area contributed by atoms with Gasteiger partial charge in [0, 0.05) is 20.1 Å². The summed E-state index contributed by atoms with van der Waals surface area (Å²) >= 11 is 0. The number of urea groups is 1. The second-order valence-corrected chi connectivity index (χ2v) is 15.2. The van der Waals surface area contributed by atoms with E-state index in [0.29, 0.717) is 31.0 Å². The maximum absolute atomic E-state index is 14.2. The van der Waals surface area contributed by atoms with Crippen molar-refractivity contribution in [1.82, 2.24) is 25.8 Å². The lowest BCUT2D eigenvalue weighted by Gasteiger charge is -2.38. The summed E-state index contributed by atoms with van der Waals surface area (Å²) in [7, 11) is 1.70. The first-order valence-corrected chi connectivity index (χ1v) is 15.8. The molecule has 3 saturated carbocycles. The van der Waals surface area contributed by atoms with Crippen molar-refractivity contribution in [3.8, 4) is 0 Å². The molecule has 6 amide bonds. The van der Waals surface area contributed by atoms with Gasteiger partial charge in [0.25, 0.3) is 5.91 Å². The summed E-state index contributed by atoms with van der Waals surface area (Å²) in [6.07, 6.45) is 4.32. The fourth-order valence-corrected chi connectivity index (χ4v) is 6.67. The topological polar surface area (TPSA) is 171 Å². The number of likely N-dealkylation sites (N-methyl/N-ethyl adjacent to an activating group) is 1. The minimum Gasteiger partial charge on any atom is -0.363 e. The predicted molar refractivity (Wildman–Crippen MR) is 164 cm³/mol. The SMILES string of the molecule is C=C(C)[C@H](NC(=O)N[C@H](C(=O)N1C[C@H]2[C@@H]([C@H]1C(=O)NC(CC1CC1)C(=O)C(N)=O)C2(C)C)C(C)(C)C)C(=O)N(C)CC1CC1. The molecule has 244 valence electrons. The molecular formula is C32H50N6O6. The molecule has 0 aromatic heterocycles. The smallest absolute Gasteiger partial charge is 0.316 e. The number of primary amides is 1. The molecule has 12 nitrogen and oxygen atoms in total. The molecule has 12 heteroatoms. The van der Waals surface area contributed by atoms with Crippen LogP contribution >= 0.6 is 0 Å². The Morgan fingerprint density at radius 2 is 1.59 bits per heavy atom. The molecule has 0 spiro atoms. The Labute approximate surface area is 260 Å². The molecule has 5 N–H and O–H groups in total. The van der Waals surface area contributed by atoms with E-state index in [4.69, 9.17) is 5.73 Å². The zero-order valence-corrected chi connectivity index (χ0v) is 27.2. The zero-order valence-electron chi connectivity index (χ0n) is 27.2. The van der Waals surface area contributed by atoms with E-state index < -0.39 is 59.1 Å². The fraction of sp³-hybridized carbons (Fsp3) is 0.750. The maximum atomic E-state index is 14.2. The van der Waals surface area contributed by atoms with Crippen LogP contribution in [0.5, 0.6) is 0 Å². The van der Waals surface area contributed by atoms with Gasteiger partial charge in [-0.15, -0.1) is 0 Å². The standard InChI is InChI=1S/C32H50N6O6/c1-16(2)22(28(42)37(8)14-18-11-12-18)35-30(44)36-25(31(3,4)5)29(43)38-15-19-21(32(19,6)7)23(38)27(41)34-20(13-17-9-10-17)24(39)26(33)40/h17-23,25H,1,9-15H2,2-8H3,(H2,33,40)(H,34,41)(H2,35,36,44)/t19-,20?,21-,22-,23-,25+/m0/s1. The molecular weight excluding hydrogens is 564 g/mol. The number of nitrogens with zero attached hydrogens (tertiary/aromatic N) is 2. The maximum Gasteiger partial charge on any atom is 0.316 e. The Kier molecular flexibility index (Phi) is 9.24. The summed E-state index contributed by atoms with van der Waals surface area (Å²) < 4.78 is 0. The van der Waals surface area contributed by atoms with Crippen LogP contribution in [0.25, 0.3) is 0 Å². The van der Waals surface area contributed by atoms with Gasteiger partial charge in [0.15, 0.2) is 0 Å². The van der Waals surface area contributed by atoms with Crippen molar-refractivity contribution in [1.29, 1.82) is 0 Å². The average molecular weight is 615 g/mol. The van der Waals surface area contributed by atoms with E-state index in [-0.39, 0.29) is 29.1 Å². The summed E-state index contributed by atoms with van der Waals surface area (Å²) in [5.41, 5.74) is 4.81. The molecule has 1 unspecified atom stereocenters. The number of hydrogen-bond acceptors (Lipinski definition) is 6. The molecule has 3 aliphatic carbocycles. The highest BCUT2D eigenvalue weighted by Crippen LogP contribution is 2.65. The van der Waals surface area contributed by atoms with Crippen LogP contribution in [0.1, 0.15) is 73.6 Å². The number of nitrogens with one attached hydrogen (secondary N) is 3. The van der Waals surface area contributed by atoms with Crippen molar-refractivity contribution in [2.24, 2.45) is 40.2 Å². The summed E-state index contributed by atoms with van der Waals surface area (Å²) in [6, 6.07) is -4.60. The molecule has 4 aliphatic rings. The Hall–Kier alpha value is -3.44. The lowest BCUT2D eigenvalue weighted by atomic mass is 9.85. The Balaban J connectivity index is 1.50. The summed E-state index contributed by atoms with van der Waals surface area (Å²) in [6.45, 7) is 16.0. The van der Waals surface area contributed by atoms with E-state index >= 15 is 0 Å². The van der Waals surface area contributed by atoms with Gasteiger partial charge in [-0.05, 0) is 66.3 Å². The highest BCUT2D eigenvalue weighted by molar-refractivity contribution is 6.37. The summed E-state index contributed by atoms with van der Waals surface area (Å²) in [4.78, 5) is 81.8. The number of hydrogen-bond donors (Lipinski definition) is 4. The first kappa shape index (κ1) is 33.5. The monoisotopic (exact) mass is 614 g/mol. The van der Waals surface area contributed by atoms with Crippen LogP contribution in [0.2, 0.25) is 0 Å². The van der Waals surface area contributed by atoms with Gasteiger partial charge >= 0.3 is 6.03 Å². The first-order valence-electron chi connectivity index (χ1n) is 15.8. The second-order valence-electron chi connectivity index (χ2n) is 15.2. The van der Waals surface area contributed by atoms with Crippen LogP contribution in [0, 0.1) is 34.5 Å². The molecule has 1 heterocycles. The number of nitrogens with two attached hydrogens (primary N) is 1. The lowest BCUT2D eigenvalue weighted by molar-refractivity contribution is -0.145. The third kappa shape index (κ3) is 7.26. The predicted octanol–water partition coefficient (Wildman–Crippen LogP) is 1.34. The highest BCUT2D eigenvalue weighted by atomic mass is 16.2. The highest BCUT2D eigenvalue weighted by Gasteiger charge is 2.70. The van der Waals surface area contributed by atoms with Gasteiger partial charge in [-0.3, -0.25) is 24.0 Å². The van der Waals surface area contributed by atoms with E-state index in [2.05, 4.69) is 22.5 Å². The van der Waals surface area contributed by atoms with Crippen molar-refractivity contribution >= 4 is 35.4 Å². The number of ketones is 1. The molecule has 44 heavy (non-hydrogen) atoms. The van der Waals surface area contributed by atoms with Crippen LogP contribution in [-0.4, -0.2) is 89.5 Å². The number of carbonyl (C=O) groups excluding carboxylic acids is 6. The van der Waals surface area contributed by atoms with Crippen molar-refractivity contribution in [3.63, 3.8) is 0 Å². The quantitative estimate of drug-likeness (QED) is 0.180. The second kappa shape index (κ2) is 12.2. The number of amides is 6. The van der Waals surface area contributed by atoms with Crippen LogP contribution < -0.4 is 21.7 Å². The van der Waals surface area contributed by atoms with E-state index in [9.17, 15) is 28.8 Å². The van der Waals surface area contributed by atoms with Crippen LogP contribution in [-0.2, 0) is 24.0 Å². The van der Waals surface area contributed by atoms with E-state index in [1.54, 1.807) is 18.9 Å². The van der Waals surface area contributed by atoms with Crippen molar-refractivity contribution in [3.05, 3.63) is 12.2 Å². The van der Waals surface area contributed by atoms with Gasteiger partial charge < -0.3 is 31.5 Å². The molecule has 4 fully saturated rings. The van der Waals surface area contributed by atoms with Gasteiger partial charge in [0.2, 0.25) is 23.5 Å². The average Bonchev–Trinajstić information content (AvgIpc) is 3.87. The number of likely N-dealkylation sites (tertiary alicyclic amines) is 1. The minimum absolute atomic E-state index is 0.0674. The minimum atomic E-state index is -1.10. The third-order valence-corrected chi connectivity index (χ3v) is 9.91. The molecule has 0 aromatic carbocycles. The molecule has 4 rings (SSSR count). The number of rotatable bonds is 13. The normalized spacial score (nSPS) is 25.5. The van der Waals surface area contributed by atoms with Gasteiger partial charge in [-0.1, -0.05) is 54.0 Å². The van der Waals surface area contributed by atoms with Gasteiger partial charge in [-0.25, -0.2) is 4.79 Å². The van der Waals surface area contributed by atoms with Crippen molar-refractivity contribution < 1.29 is 28.8 Å². The van der Waals surface area contributed by atoms with Crippen LogP contribution in [0.4, 0.5) is 4.79 Å². The van der Waals surface area contributed by atoms with E-state index in [1.807, 2.05) is 34.6 Å². The number of piperidine rings is 1. The fourth-order valence-electron chi connectivity index (χ4n) is 6.67. The van der Waals surface area contributed by atoms with E-state index in [1.165, 1.54) is 4.90 Å². The van der Waals surface area contributed by atoms with Gasteiger partial charge in [0.1, 0.15) is 18.1 Å². The molecule has 6 atom stereocenters. The molecule has 0 radical (unpaired) electrons. The summed E-state index contributed by atoms with van der Waals surface area (Å²) in [5, 5.41) is 8.24. The van der Waals surface area contributed by atoms with Crippen molar-refractivity contribution in [2.45, 2.75) is 97.8 Å². The molecule has 1 aliphatic heterocycles. The Morgan fingerprint density at radius 1 is 1.00 bits per heavy atom. The lowest BCUT2D eigenvalue weighted by Crippen LogP contribution is -2.62. The Bertz CT molecular complexity index is 1230. The number of carbonyl (C=O) groups is 6. The molecule has 0 bridgehead atoms. The van der Waals surface area contributed by atoms with E-state index in [0.717, 1.165) is 25.7 Å². The zero-order chi connectivity index (χ0) is 32.9. The van der Waals surface area contributed by atoms with Gasteiger partial charge in [0.05, 0.1) is 6.04 Å². The van der Waals surface area contributed by atoms with Gasteiger partial charge in [-0.2, -0.15) is 0 Å². The van der Waals surface area contributed by atoms with Crippen LogP contribution in [0.3, 0.4) is 0 Å².